The number of thioether (sulfide) groups is 1. The first-order valence-electron chi connectivity index (χ1n) is 9.12. The molecule has 1 aliphatic heterocycles. The van der Waals surface area contributed by atoms with Gasteiger partial charge in [0.1, 0.15) is 0 Å². The van der Waals surface area contributed by atoms with Crippen LogP contribution in [0.1, 0.15) is 26.2 Å². The maximum Gasteiger partial charge on any atom is 0.233 e. The summed E-state index contributed by atoms with van der Waals surface area (Å²) >= 11 is 2.96. The lowest BCUT2D eigenvalue weighted by atomic mass is 10.2. The predicted octanol–water partition coefficient (Wildman–Crippen LogP) is 3.72. The Morgan fingerprint density at radius 3 is 2.78 bits per heavy atom. The molecule has 1 amide bonds. The zero-order valence-electron chi connectivity index (χ0n) is 15.3. The maximum absolute atomic E-state index is 12.8. The van der Waals surface area contributed by atoms with Gasteiger partial charge in [-0.2, -0.15) is 0 Å². The summed E-state index contributed by atoms with van der Waals surface area (Å²) in [6, 6.07) is 9.78. The minimum Gasteiger partial charge on any atom is -0.338 e. The number of sulfone groups is 1. The fourth-order valence-corrected chi connectivity index (χ4v) is 6.58. The smallest absolute Gasteiger partial charge is 0.233 e. The van der Waals surface area contributed by atoms with Gasteiger partial charge in [0.05, 0.1) is 23.0 Å². The predicted molar refractivity (Wildman–Crippen MR) is 112 cm³/mol. The van der Waals surface area contributed by atoms with E-state index in [-0.39, 0.29) is 23.5 Å². The Hall–Kier alpha value is -1.38. The van der Waals surface area contributed by atoms with E-state index in [0.29, 0.717) is 18.7 Å². The third-order valence-electron chi connectivity index (χ3n) is 4.59. The molecule has 8 heteroatoms. The normalized spacial score (nSPS) is 18.5. The van der Waals surface area contributed by atoms with Gasteiger partial charge in [0, 0.05) is 23.5 Å². The van der Waals surface area contributed by atoms with Crippen LogP contribution < -0.4 is 0 Å². The summed E-state index contributed by atoms with van der Waals surface area (Å²) in [5.41, 5.74) is 1.98. The SMILES string of the molecule is CCCCN(C(=O)CSc1nc(-c2ccccc2)cs1)C1CCS(=O)(=O)C1. The first kappa shape index (κ1) is 20.4. The van der Waals surface area contributed by atoms with Gasteiger partial charge < -0.3 is 4.90 Å². The largest absolute Gasteiger partial charge is 0.338 e. The average Bonchev–Trinajstić information content (AvgIpc) is 3.27. The number of carbonyl (C=O) groups excluding carboxylic acids is 1. The van der Waals surface area contributed by atoms with Gasteiger partial charge in [0.25, 0.3) is 0 Å². The second kappa shape index (κ2) is 9.21. The molecule has 0 aliphatic carbocycles. The molecule has 3 rings (SSSR count). The average molecular weight is 425 g/mol. The van der Waals surface area contributed by atoms with Crippen molar-refractivity contribution in [2.24, 2.45) is 0 Å². The molecular formula is C19H24N2O3S3. The summed E-state index contributed by atoms with van der Waals surface area (Å²) < 4.78 is 24.5. The van der Waals surface area contributed by atoms with E-state index >= 15 is 0 Å². The van der Waals surface area contributed by atoms with Gasteiger partial charge in [0.2, 0.25) is 5.91 Å². The van der Waals surface area contributed by atoms with Gasteiger partial charge in [0.15, 0.2) is 14.2 Å². The van der Waals surface area contributed by atoms with Crippen LogP contribution in [0.3, 0.4) is 0 Å². The summed E-state index contributed by atoms with van der Waals surface area (Å²) in [5, 5.41) is 2.00. The molecule has 1 saturated heterocycles. The van der Waals surface area contributed by atoms with Crippen LogP contribution in [-0.2, 0) is 14.6 Å². The fourth-order valence-electron chi connectivity index (χ4n) is 3.13. The fraction of sp³-hybridized carbons (Fsp3) is 0.474. The molecule has 0 spiro atoms. The lowest BCUT2D eigenvalue weighted by molar-refractivity contribution is -0.130. The number of amides is 1. The van der Waals surface area contributed by atoms with Crippen molar-refractivity contribution in [3.8, 4) is 11.3 Å². The lowest BCUT2D eigenvalue weighted by Gasteiger charge is -2.28. The number of nitrogens with zero attached hydrogens (tertiary/aromatic N) is 2. The molecule has 146 valence electrons. The Bertz CT molecular complexity index is 865. The number of rotatable bonds is 8. The van der Waals surface area contributed by atoms with Crippen molar-refractivity contribution in [1.29, 1.82) is 0 Å². The van der Waals surface area contributed by atoms with Crippen LogP contribution >= 0.6 is 23.1 Å². The minimum absolute atomic E-state index is 0.00649. The van der Waals surface area contributed by atoms with Crippen LogP contribution in [0.4, 0.5) is 0 Å². The topological polar surface area (TPSA) is 67.3 Å². The first-order chi connectivity index (χ1) is 13.0. The Kier molecular flexibility index (Phi) is 6.94. The standard InChI is InChI=1S/C19H24N2O3S3/c1-2-3-10-21(16-9-11-27(23,24)14-16)18(22)13-26-19-20-17(12-25-19)15-7-5-4-6-8-15/h4-8,12,16H,2-3,9-11,13-14H2,1H3. The molecule has 0 radical (unpaired) electrons. The molecule has 1 aromatic carbocycles. The highest BCUT2D eigenvalue weighted by Crippen LogP contribution is 2.29. The molecule has 1 atom stereocenters. The maximum atomic E-state index is 12.8. The lowest BCUT2D eigenvalue weighted by Crippen LogP contribution is -2.42. The molecule has 2 heterocycles. The second-order valence-corrected chi connectivity index (χ2v) is 11.0. The van der Waals surface area contributed by atoms with Gasteiger partial charge in [-0.3, -0.25) is 4.79 Å². The van der Waals surface area contributed by atoms with Crippen molar-refractivity contribution >= 4 is 38.8 Å². The van der Waals surface area contributed by atoms with Crippen molar-refractivity contribution in [2.75, 3.05) is 23.8 Å². The molecule has 2 aromatic rings. The Labute approximate surface area is 169 Å². The number of hydrogen-bond donors (Lipinski definition) is 0. The summed E-state index contributed by atoms with van der Waals surface area (Å²) in [7, 11) is -3.00. The Morgan fingerprint density at radius 2 is 2.11 bits per heavy atom. The van der Waals surface area contributed by atoms with Crippen LogP contribution in [0.2, 0.25) is 0 Å². The van der Waals surface area contributed by atoms with Crippen molar-refractivity contribution in [3.05, 3.63) is 35.7 Å². The number of aromatic nitrogens is 1. The molecule has 0 saturated carbocycles. The molecule has 0 bridgehead atoms. The van der Waals surface area contributed by atoms with E-state index in [2.05, 4.69) is 11.9 Å². The third-order valence-corrected chi connectivity index (χ3v) is 8.35. The van der Waals surface area contributed by atoms with Crippen molar-refractivity contribution in [2.45, 2.75) is 36.6 Å². The van der Waals surface area contributed by atoms with E-state index in [1.165, 1.54) is 23.1 Å². The highest BCUT2D eigenvalue weighted by molar-refractivity contribution is 8.01. The monoisotopic (exact) mass is 424 g/mol. The summed E-state index contributed by atoms with van der Waals surface area (Å²) in [6.45, 7) is 2.70. The van der Waals surface area contributed by atoms with E-state index < -0.39 is 9.84 Å². The highest BCUT2D eigenvalue weighted by atomic mass is 32.2. The molecule has 0 N–H and O–H groups in total. The summed E-state index contributed by atoms with van der Waals surface area (Å²) in [4.78, 5) is 19.2. The molecule has 27 heavy (non-hydrogen) atoms. The Balaban J connectivity index is 1.61. The molecule has 1 aromatic heterocycles. The van der Waals surface area contributed by atoms with Crippen LogP contribution in [0.15, 0.2) is 40.1 Å². The highest BCUT2D eigenvalue weighted by Gasteiger charge is 2.34. The van der Waals surface area contributed by atoms with Crippen LogP contribution in [0, 0.1) is 0 Å². The molecule has 1 fully saturated rings. The van der Waals surface area contributed by atoms with Gasteiger partial charge >= 0.3 is 0 Å². The Morgan fingerprint density at radius 1 is 1.33 bits per heavy atom. The van der Waals surface area contributed by atoms with Crippen LogP contribution in [0.5, 0.6) is 0 Å². The zero-order chi connectivity index (χ0) is 19.3. The summed E-state index contributed by atoms with van der Waals surface area (Å²) in [6.07, 6.45) is 2.42. The molecule has 5 nitrogen and oxygen atoms in total. The van der Waals surface area contributed by atoms with E-state index in [1.807, 2.05) is 35.7 Å². The van der Waals surface area contributed by atoms with Crippen molar-refractivity contribution in [1.82, 2.24) is 9.88 Å². The van der Waals surface area contributed by atoms with Crippen molar-refractivity contribution < 1.29 is 13.2 Å². The number of thiazole rings is 1. The minimum atomic E-state index is -3.00. The number of benzene rings is 1. The van der Waals surface area contributed by atoms with Crippen LogP contribution in [-0.4, -0.2) is 54.1 Å². The summed E-state index contributed by atoms with van der Waals surface area (Å²) in [5.74, 6) is 0.588. The molecule has 1 unspecified atom stereocenters. The zero-order valence-corrected chi connectivity index (χ0v) is 17.8. The van der Waals surface area contributed by atoms with Crippen LogP contribution in [0.25, 0.3) is 11.3 Å². The second-order valence-electron chi connectivity index (χ2n) is 6.65. The van der Waals surface area contributed by atoms with E-state index in [9.17, 15) is 13.2 Å². The van der Waals surface area contributed by atoms with Gasteiger partial charge in [-0.15, -0.1) is 11.3 Å². The van der Waals surface area contributed by atoms with Gasteiger partial charge in [-0.05, 0) is 12.8 Å². The van der Waals surface area contributed by atoms with E-state index in [1.54, 1.807) is 4.90 Å². The molecular weight excluding hydrogens is 400 g/mol. The van der Waals surface area contributed by atoms with Crippen molar-refractivity contribution in [3.63, 3.8) is 0 Å². The van der Waals surface area contributed by atoms with E-state index in [0.717, 1.165) is 28.4 Å². The van der Waals surface area contributed by atoms with Gasteiger partial charge in [-0.1, -0.05) is 55.4 Å². The molecule has 1 aliphatic rings. The number of unbranched alkanes of at least 4 members (excludes halogenated alkanes) is 1. The first-order valence-corrected chi connectivity index (χ1v) is 12.8. The third kappa shape index (κ3) is 5.56. The van der Waals surface area contributed by atoms with E-state index in [4.69, 9.17) is 0 Å². The number of carbonyl (C=O) groups is 1. The van der Waals surface area contributed by atoms with Gasteiger partial charge in [-0.25, -0.2) is 13.4 Å². The quantitative estimate of drug-likeness (QED) is 0.604. The number of hydrogen-bond acceptors (Lipinski definition) is 6.